The number of benzene rings is 1. The van der Waals surface area contributed by atoms with Crippen molar-refractivity contribution in [3.63, 3.8) is 0 Å². The van der Waals surface area contributed by atoms with Gasteiger partial charge in [-0.1, -0.05) is 0 Å². The topological polar surface area (TPSA) is 98.6 Å². The Bertz CT molecular complexity index is 998. The molecule has 144 valence electrons. The van der Waals surface area contributed by atoms with Gasteiger partial charge in [-0.3, -0.25) is 9.59 Å². The summed E-state index contributed by atoms with van der Waals surface area (Å²) in [5, 5.41) is 4.27. The molecule has 9 heteroatoms. The zero-order chi connectivity index (χ0) is 19.6. The molecule has 1 aliphatic rings. The van der Waals surface area contributed by atoms with Gasteiger partial charge in [0.25, 0.3) is 5.56 Å². The first-order valence-corrected chi connectivity index (χ1v) is 10.3. The first kappa shape index (κ1) is 19.1. The molecular weight excluding hydrogens is 370 g/mol. The number of carbonyl (C=O) groups is 1. The summed E-state index contributed by atoms with van der Waals surface area (Å²) in [5.41, 5.74) is 0.941. The van der Waals surface area contributed by atoms with Gasteiger partial charge in [0.1, 0.15) is 12.3 Å². The summed E-state index contributed by atoms with van der Waals surface area (Å²) in [6.07, 6.45) is 0.415. The number of amides is 1. The fourth-order valence-corrected chi connectivity index (χ4v) is 4.78. The Morgan fingerprint density at radius 3 is 2.56 bits per heavy atom. The summed E-state index contributed by atoms with van der Waals surface area (Å²) in [6.45, 7) is -0.240. The molecule has 0 aliphatic carbocycles. The van der Waals surface area contributed by atoms with Crippen LogP contribution in [0.4, 0.5) is 0 Å². The molecule has 2 heterocycles. The molecule has 2 aromatic rings. The quantitative estimate of drug-likeness (QED) is 0.739. The Morgan fingerprint density at radius 1 is 1.26 bits per heavy atom. The smallest absolute Gasteiger partial charge is 0.267 e. The SMILES string of the molecule is COc1ccc(-c2ccc(=O)n(CC(=O)N(C)[C@H]3CCS(=O)(=O)C3)n2)cc1. The minimum atomic E-state index is -3.09. The van der Waals surface area contributed by atoms with Gasteiger partial charge < -0.3 is 9.64 Å². The normalized spacial score (nSPS) is 18.2. The van der Waals surface area contributed by atoms with Crippen LogP contribution >= 0.6 is 0 Å². The molecule has 1 atom stereocenters. The van der Waals surface area contributed by atoms with Crippen molar-refractivity contribution in [1.82, 2.24) is 14.7 Å². The minimum absolute atomic E-state index is 0.0382. The van der Waals surface area contributed by atoms with Gasteiger partial charge in [-0.2, -0.15) is 5.10 Å². The molecule has 0 saturated carbocycles. The molecular formula is C18H21N3O5S. The first-order valence-electron chi connectivity index (χ1n) is 8.48. The highest BCUT2D eigenvalue weighted by Gasteiger charge is 2.32. The van der Waals surface area contributed by atoms with E-state index in [1.54, 1.807) is 32.4 Å². The third-order valence-corrected chi connectivity index (χ3v) is 6.44. The third-order valence-electron chi connectivity index (χ3n) is 4.69. The minimum Gasteiger partial charge on any atom is -0.497 e. The Balaban J connectivity index is 1.78. The van der Waals surface area contributed by atoms with E-state index in [0.29, 0.717) is 17.9 Å². The maximum Gasteiger partial charge on any atom is 0.267 e. The third kappa shape index (κ3) is 4.36. The largest absolute Gasteiger partial charge is 0.497 e. The highest BCUT2D eigenvalue weighted by molar-refractivity contribution is 7.91. The van der Waals surface area contributed by atoms with E-state index in [2.05, 4.69) is 5.10 Å². The molecule has 1 aromatic heterocycles. The Kier molecular flexibility index (Phi) is 5.31. The van der Waals surface area contributed by atoms with E-state index >= 15 is 0 Å². The average Bonchev–Trinajstić information content (AvgIpc) is 3.02. The van der Waals surface area contributed by atoms with Gasteiger partial charge in [-0.05, 0) is 36.8 Å². The molecule has 0 bridgehead atoms. The number of likely N-dealkylation sites (N-methyl/N-ethyl adjacent to an activating group) is 1. The fourth-order valence-electron chi connectivity index (χ4n) is 3.00. The number of hydrogen-bond donors (Lipinski definition) is 0. The van der Waals surface area contributed by atoms with Gasteiger partial charge in [0.05, 0.1) is 24.3 Å². The Labute approximate surface area is 157 Å². The van der Waals surface area contributed by atoms with Crippen molar-refractivity contribution in [1.29, 1.82) is 0 Å². The highest BCUT2D eigenvalue weighted by atomic mass is 32.2. The van der Waals surface area contributed by atoms with Crippen LogP contribution in [0, 0.1) is 0 Å². The number of rotatable bonds is 5. The van der Waals surface area contributed by atoms with Crippen LogP contribution in [0.25, 0.3) is 11.3 Å². The number of carbonyl (C=O) groups excluding carboxylic acids is 1. The Morgan fingerprint density at radius 2 is 1.96 bits per heavy atom. The van der Waals surface area contributed by atoms with Gasteiger partial charge in [0.15, 0.2) is 9.84 Å². The van der Waals surface area contributed by atoms with Crippen LogP contribution in [0.2, 0.25) is 0 Å². The number of ether oxygens (including phenoxy) is 1. The summed E-state index contributed by atoms with van der Waals surface area (Å²) < 4.78 is 29.4. The Hall–Kier alpha value is -2.68. The molecule has 8 nitrogen and oxygen atoms in total. The van der Waals surface area contributed by atoms with E-state index in [-0.39, 0.29) is 30.0 Å². The van der Waals surface area contributed by atoms with Crippen molar-refractivity contribution in [2.45, 2.75) is 19.0 Å². The van der Waals surface area contributed by atoms with Crippen LogP contribution < -0.4 is 10.3 Å². The van der Waals surface area contributed by atoms with Crippen LogP contribution in [-0.4, -0.2) is 60.7 Å². The lowest BCUT2D eigenvalue weighted by Gasteiger charge is -2.23. The van der Waals surface area contributed by atoms with E-state index in [9.17, 15) is 18.0 Å². The summed E-state index contributed by atoms with van der Waals surface area (Å²) in [4.78, 5) is 26.0. The summed E-state index contributed by atoms with van der Waals surface area (Å²) in [5.74, 6) is 0.401. The van der Waals surface area contributed by atoms with Gasteiger partial charge in [-0.25, -0.2) is 13.1 Å². The van der Waals surface area contributed by atoms with Gasteiger partial charge in [0, 0.05) is 24.7 Å². The highest BCUT2D eigenvalue weighted by Crippen LogP contribution is 2.20. The van der Waals surface area contributed by atoms with Crippen LogP contribution in [0.1, 0.15) is 6.42 Å². The van der Waals surface area contributed by atoms with Crippen LogP contribution in [-0.2, 0) is 21.2 Å². The first-order chi connectivity index (χ1) is 12.8. The summed E-state index contributed by atoms with van der Waals surface area (Å²) in [7, 11) is 0.0444. The lowest BCUT2D eigenvalue weighted by Crippen LogP contribution is -2.41. The lowest BCUT2D eigenvalue weighted by molar-refractivity contribution is -0.132. The van der Waals surface area contributed by atoms with E-state index < -0.39 is 15.4 Å². The van der Waals surface area contributed by atoms with Crippen molar-refractivity contribution in [2.24, 2.45) is 0 Å². The average molecular weight is 391 g/mol. The van der Waals surface area contributed by atoms with Crippen molar-refractivity contribution in [2.75, 3.05) is 25.7 Å². The van der Waals surface area contributed by atoms with Crippen molar-refractivity contribution < 1.29 is 17.9 Å². The maximum absolute atomic E-state index is 12.5. The molecule has 0 radical (unpaired) electrons. The van der Waals surface area contributed by atoms with Gasteiger partial charge in [-0.15, -0.1) is 0 Å². The number of hydrogen-bond acceptors (Lipinski definition) is 6. The molecule has 1 saturated heterocycles. The van der Waals surface area contributed by atoms with Crippen molar-refractivity contribution >= 4 is 15.7 Å². The summed E-state index contributed by atoms with van der Waals surface area (Å²) in [6, 6.07) is 9.79. The van der Waals surface area contributed by atoms with Gasteiger partial charge >= 0.3 is 0 Å². The standard InChI is InChI=1S/C18H21N3O5S/c1-20(14-9-10-27(24,25)12-14)18(23)11-21-17(22)8-7-16(19-21)13-3-5-15(26-2)6-4-13/h3-8,14H,9-12H2,1-2H3/t14-/m0/s1. The number of sulfone groups is 1. The fraction of sp³-hybridized carbons (Fsp3) is 0.389. The van der Waals surface area contributed by atoms with Crippen LogP contribution in [0.3, 0.4) is 0 Å². The molecule has 1 amide bonds. The van der Waals surface area contributed by atoms with Crippen LogP contribution in [0.15, 0.2) is 41.2 Å². The molecule has 3 rings (SSSR count). The van der Waals surface area contributed by atoms with Crippen molar-refractivity contribution in [3.8, 4) is 17.0 Å². The summed E-state index contributed by atoms with van der Waals surface area (Å²) >= 11 is 0. The molecule has 1 aliphatic heterocycles. The zero-order valence-corrected chi connectivity index (χ0v) is 16.0. The van der Waals surface area contributed by atoms with E-state index in [0.717, 1.165) is 10.2 Å². The number of methoxy groups -OCH3 is 1. The second kappa shape index (κ2) is 7.51. The molecule has 0 spiro atoms. The van der Waals surface area contributed by atoms with Crippen molar-refractivity contribution in [3.05, 3.63) is 46.8 Å². The molecule has 1 aromatic carbocycles. The maximum atomic E-state index is 12.5. The molecule has 27 heavy (non-hydrogen) atoms. The van der Waals surface area contributed by atoms with E-state index in [1.165, 1.54) is 11.0 Å². The monoisotopic (exact) mass is 391 g/mol. The number of aromatic nitrogens is 2. The predicted octanol–water partition coefficient (Wildman–Crippen LogP) is 0.564. The molecule has 1 fully saturated rings. The van der Waals surface area contributed by atoms with E-state index in [4.69, 9.17) is 4.74 Å². The zero-order valence-electron chi connectivity index (χ0n) is 15.2. The predicted molar refractivity (Wildman–Crippen MR) is 100 cm³/mol. The second-order valence-electron chi connectivity index (χ2n) is 6.50. The molecule has 0 unspecified atom stereocenters. The molecule has 0 N–H and O–H groups in total. The number of nitrogens with zero attached hydrogens (tertiary/aromatic N) is 3. The van der Waals surface area contributed by atoms with Gasteiger partial charge in [0.2, 0.25) is 5.91 Å². The lowest BCUT2D eigenvalue weighted by atomic mass is 10.1. The second-order valence-corrected chi connectivity index (χ2v) is 8.73. The van der Waals surface area contributed by atoms with E-state index in [1.807, 2.05) is 12.1 Å². The van der Waals surface area contributed by atoms with Crippen LogP contribution in [0.5, 0.6) is 5.75 Å².